The molecule has 1 heterocycles. The molecule has 5 heteroatoms. The molecular weight excluding hydrogens is 278 g/mol. The quantitative estimate of drug-likeness (QED) is 0.849. The van der Waals surface area contributed by atoms with E-state index in [2.05, 4.69) is 4.90 Å². The van der Waals surface area contributed by atoms with Crippen molar-refractivity contribution >= 4 is 17.6 Å². The summed E-state index contributed by atoms with van der Waals surface area (Å²) in [6.07, 6.45) is 1.42. The third-order valence-corrected chi connectivity index (χ3v) is 4.22. The number of benzene rings is 1. The first-order chi connectivity index (χ1) is 9.60. The van der Waals surface area contributed by atoms with Crippen molar-refractivity contribution in [2.24, 2.45) is 5.92 Å². The summed E-state index contributed by atoms with van der Waals surface area (Å²) in [4.78, 5) is 13.1. The van der Waals surface area contributed by atoms with E-state index in [0.717, 1.165) is 30.9 Å². The van der Waals surface area contributed by atoms with Crippen LogP contribution in [0.2, 0.25) is 0 Å². The smallest absolute Gasteiger partial charge is 0.306 e. The zero-order valence-corrected chi connectivity index (χ0v) is 12.3. The molecule has 0 spiro atoms. The van der Waals surface area contributed by atoms with E-state index in [4.69, 9.17) is 21.4 Å². The molecule has 1 saturated heterocycles. The number of aliphatic carboxylic acids is 1. The summed E-state index contributed by atoms with van der Waals surface area (Å²) in [7, 11) is 1.64. The van der Waals surface area contributed by atoms with Gasteiger partial charge >= 0.3 is 5.97 Å². The maximum absolute atomic E-state index is 10.9. The van der Waals surface area contributed by atoms with Crippen molar-refractivity contribution in [3.63, 3.8) is 0 Å². The van der Waals surface area contributed by atoms with Crippen LogP contribution in [-0.2, 0) is 4.79 Å². The molecule has 1 atom stereocenters. The molecule has 1 unspecified atom stereocenters. The van der Waals surface area contributed by atoms with Gasteiger partial charge in [0.15, 0.2) is 0 Å². The van der Waals surface area contributed by atoms with Crippen LogP contribution >= 0.6 is 11.6 Å². The van der Waals surface area contributed by atoms with Crippen LogP contribution in [0.3, 0.4) is 0 Å². The second kappa shape index (κ2) is 6.95. The average Bonchev–Trinajstić information content (AvgIpc) is 2.48. The average molecular weight is 298 g/mol. The van der Waals surface area contributed by atoms with E-state index >= 15 is 0 Å². The molecule has 1 aromatic carbocycles. The summed E-state index contributed by atoms with van der Waals surface area (Å²) >= 11 is 6.44. The molecule has 0 amide bonds. The molecule has 1 fully saturated rings. The van der Waals surface area contributed by atoms with Gasteiger partial charge in [-0.25, -0.2) is 0 Å². The number of carboxylic acids is 1. The minimum absolute atomic E-state index is 0.0812. The van der Waals surface area contributed by atoms with Gasteiger partial charge in [-0.05, 0) is 43.6 Å². The van der Waals surface area contributed by atoms with E-state index in [-0.39, 0.29) is 11.3 Å². The molecule has 0 aliphatic carbocycles. The van der Waals surface area contributed by atoms with Gasteiger partial charge < -0.3 is 14.7 Å². The van der Waals surface area contributed by atoms with Crippen molar-refractivity contribution in [2.75, 3.05) is 26.7 Å². The van der Waals surface area contributed by atoms with Crippen molar-refractivity contribution in [1.29, 1.82) is 0 Å². The summed E-state index contributed by atoms with van der Waals surface area (Å²) in [6, 6.07) is 7.75. The Hall–Kier alpha value is -1.26. The van der Waals surface area contributed by atoms with Crippen LogP contribution in [0.5, 0.6) is 5.75 Å². The Bertz CT molecular complexity index is 441. The first-order valence-electron chi connectivity index (χ1n) is 6.83. The Morgan fingerprint density at radius 2 is 2.00 bits per heavy atom. The molecule has 2 rings (SSSR count). The predicted molar refractivity (Wildman–Crippen MR) is 78.4 cm³/mol. The zero-order valence-electron chi connectivity index (χ0n) is 11.6. The maximum atomic E-state index is 10.9. The topological polar surface area (TPSA) is 49.8 Å². The standard InChI is InChI=1S/C15H20ClNO3/c1-20-13-4-2-11(3-5-13)14(16)10-17-8-6-12(7-9-17)15(18)19/h2-5,12,14H,6-10H2,1H3,(H,18,19). The molecule has 1 aromatic rings. The molecule has 0 bridgehead atoms. The Morgan fingerprint density at radius 3 is 2.50 bits per heavy atom. The van der Waals surface area contributed by atoms with Gasteiger partial charge in [0.25, 0.3) is 0 Å². The third kappa shape index (κ3) is 3.87. The van der Waals surface area contributed by atoms with Gasteiger partial charge in [0.05, 0.1) is 18.4 Å². The highest BCUT2D eigenvalue weighted by molar-refractivity contribution is 6.21. The second-order valence-corrected chi connectivity index (χ2v) is 5.68. The van der Waals surface area contributed by atoms with Crippen molar-refractivity contribution in [3.8, 4) is 5.75 Å². The normalized spacial score (nSPS) is 18.7. The zero-order chi connectivity index (χ0) is 14.5. The van der Waals surface area contributed by atoms with Gasteiger partial charge in [-0.15, -0.1) is 11.6 Å². The number of methoxy groups -OCH3 is 1. The Morgan fingerprint density at radius 1 is 1.40 bits per heavy atom. The number of carboxylic acid groups (broad SMARTS) is 1. The molecule has 1 aliphatic heterocycles. The van der Waals surface area contributed by atoms with Crippen LogP contribution in [-0.4, -0.2) is 42.7 Å². The number of nitrogens with zero attached hydrogens (tertiary/aromatic N) is 1. The van der Waals surface area contributed by atoms with E-state index in [9.17, 15) is 4.79 Å². The van der Waals surface area contributed by atoms with E-state index in [1.54, 1.807) is 7.11 Å². The molecule has 110 valence electrons. The predicted octanol–water partition coefficient (Wildman–Crippen LogP) is 2.77. The minimum Gasteiger partial charge on any atom is -0.497 e. The van der Waals surface area contributed by atoms with Crippen LogP contribution in [0.1, 0.15) is 23.8 Å². The minimum atomic E-state index is -0.678. The van der Waals surface area contributed by atoms with Gasteiger partial charge in [0.2, 0.25) is 0 Å². The van der Waals surface area contributed by atoms with Crippen LogP contribution in [0.15, 0.2) is 24.3 Å². The van der Waals surface area contributed by atoms with E-state index in [1.807, 2.05) is 24.3 Å². The van der Waals surface area contributed by atoms with E-state index < -0.39 is 5.97 Å². The van der Waals surface area contributed by atoms with Gasteiger partial charge in [0, 0.05) is 6.54 Å². The summed E-state index contributed by atoms with van der Waals surface area (Å²) in [6.45, 7) is 2.35. The molecule has 0 saturated carbocycles. The molecule has 1 N–H and O–H groups in total. The Kier molecular flexibility index (Phi) is 5.26. The largest absolute Gasteiger partial charge is 0.497 e. The number of alkyl halides is 1. The van der Waals surface area contributed by atoms with Gasteiger partial charge in [-0.1, -0.05) is 12.1 Å². The molecule has 20 heavy (non-hydrogen) atoms. The molecule has 4 nitrogen and oxygen atoms in total. The van der Waals surface area contributed by atoms with Crippen molar-refractivity contribution in [2.45, 2.75) is 18.2 Å². The SMILES string of the molecule is COc1ccc(C(Cl)CN2CCC(C(=O)O)CC2)cc1. The number of piperidine rings is 1. The maximum Gasteiger partial charge on any atom is 0.306 e. The summed E-state index contributed by atoms with van der Waals surface area (Å²) < 4.78 is 5.12. The van der Waals surface area contributed by atoms with Crippen molar-refractivity contribution in [3.05, 3.63) is 29.8 Å². The lowest BCUT2D eigenvalue weighted by Crippen LogP contribution is -2.37. The second-order valence-electron chi connectivity index (χ2n) is 5.15. The first-order valence-corrected chi connectivity index (χ1v) is 7.27. The number of hydrogen-bond acceptors (Lipinski definition) is 3. The summed E-state index contributed by atoms with van der Waals surface area (Å²) in [5, 5.41) is 8.90. The fraction of sp³-hybridized carbons (Fsp3) is 0.533. The van der Waals surface area contributed by atoms with E-state index in [0.29, 0.717) is 12.8 Å². The highest BCUT2D eigenvalue weighted by Gasteiger charge is 2.25. The van der Waals surface area contributed by atoms with Crippen LogP contribution < -0.4 is 4.74 Å². The first kappa shape index (κ1) is 15.1. The Balaban J connectivity index is 1.85. The van der Waals surface area contributed by atoms with Crippen molar-refractivity contribution < 1.29 is 14.6 Å². The van der Waals surface area contributed by atoms with Crippen LogP contribution in [0.25, 0.3) is 0 Å². The summed E-state index contributed by atoms with van der Waals surface area (Å²) in [5.41, 5.74) is 1.06. The lowest BCUT2D eigenvalue weighted by atomic mass is 9.97. The summed E-state index contributed by atoms with van der Waals surface area (Å²) in [5.74, 6) is -0.0527. The Labute approximate surface area is 124 Å². The number of carbonyl (C=O) groups is 1. The molecule has 0 radical (unpaired) electrons. The van der Waals surface area contributed by atoms with Crippen LogP contribution in [0, 0.1) is 5.92 Å². The number of likely N-dealkylation sites (tertiary alicyclic amines) is 1. The fourth-order valence-electron chi connectivity index (χ4n) is 2.51. The van der Waals surface area contributed by atoms with E-state index in [1.165, 1.54) is 0 Å². The number of rotatable bonds is 5. The monoisotopic (exact) mass is 297 g/mol. The molecule has 1 aliphatic rings. The number of ether oxygens (including phenoxy) is 1. The van der Waals surface area contributed by atoms with Gasteiger partial charge in [-0.3, -0.25) is 4.79 Å². The van der Waals surface area contributed by atoms with Crippen molar-refractivity contribution in [1.82, 2.24) is 4.90 Å². The highest BCUT2D eigenvalue weighted by atomic mass is 35.5. The lowest BCUT2D eigenvalue weighted by Gasteiger charge is -2.31. The molecular formula is C15H20ClNO3. The number of hydrogen-bond donors (Lipinski definition) is 1. The molecule has 0 aromatic heterocycles. The number of halogens is 1. The highest BCUT2D eigenvalue weighted by Crippen LogP contribution is 2.26. The lowest BCUT2D eigenvalue weighted by molar-refractivity contribution is -0.143. The van der Waals surface area contributed by atoms with Crippen LogP contribution in [0.4, 0.5) is 0 Å². The fourth-order valence-corrected chi connectivity index (χ4v) is 2.85. The van der Waals surface area contributed by atoms with Gasteiger partial charge in [-0.2, -0.15) is 0 Å². The van der Waals surface area contributed by atoms with Gasteiger partial charge in [0.1, 0.15) is 5.75 Å². The third-order valence-electron chi connectivity index (χ3n) is 3.83.